The van der Waals surface area contributed by atoms with Gasteiger partial charge in [-0.3, -0.25) is 4.79 Å². The zero-order chi connectivity index (χ0) is 23.1. The fraction of sp³-hybridized carbons (Fsp3) is 0.174. The van der Waals surface area contributed by atoms with Crippen LogP contribution in [-0.4, -0.2) is 27.5 Å². The first-order valence-corrected chi connectivity index (χ1v) is 11.6. The Labute approximate surface area is 191 Å². The highest BCUT2D eigenvalue weighted by Gasteiger charge is 2.18. The number of para-hydroxylation sites is 1. The second kappa shape index (κ2) is 10.6. The predicted molar refractivity (Wildman–Crippen MR) is 121 cm³/mol. The molecule has 9 heteroatoms. The zero-order valence-electron chi connectivity index (χ0n) is 17.3. The molecule has 0 unspecified atom stereocenters. The molecule has 3 aromatic rings. The topological polar surface area (TPSA) is 84.5 Å². The van der Waals surface area contributed by atoms with Gasteiger partial charge in [-0.2, -0.15) is 0 Å². The normalized spacial score (nSPS) is 11.2. The molecule has 6 nitrogen and oxygen atoms in total. The Bertz CT molecular complexity index is 1200. The summed E-state index contributed by atoms with van der Waals surface area (Å²) in [5.74, 6) is -0.238. The molecule has 3 aromatic carbocycles. The lowest BCUT2D eigenvalue weighted by Crippen LogP contribution is -2.29. The van der Waals surface area contributed by atoms with Crippen LogP contribution in [0.15, 0.2) is 71.6 Å². The molecule has 0 heterocycles. The largest absolute Gasteiger partial charge is 0.492 e. The van der Waals surface area contributed by atoms with Gasteiger partial charge in [0.15, 0.2) is 0 Å². The Morgan fingerprint density at radius 2 is 1.81 bits per heavy atom. The van der Waals surface area contributed by atoms with Gasteiger partial charge in [0.2, 0.25) is 10.0 Å². The molecule has 1 amide bonds. The quantitative estimate of drug-likeness (QED) is 0.456. The average Bonchev–Trinajstić information content (AvgIpc) is 2.78. The van der Waals surface area contributed by atoms with E-state index < -0.39 is 15.9 Å². The van der Waals surface area contributed by atoms with Gasteiger partial charge >= 0.3 is 0 Å². The third-order valence-electron chi connectivity index (χ3n) is 4.57. The van der Waals surface area contributed by atoms with E-state index in [2.05, 4.69) is 10.0 Å². The summed E-state index contributed by atoms with van der Waals surface area (Å²) >= 11 is 6.12. The number of carbonyl (C=O) groups is 1. The summed E-state index contributed by atoms with van der Waals surface area (Å²) in [5, 5.41) is 2.79. The van der Waals surface area contributed by atoms with Gasteiger partial charge in [-0.1, -0.05) is 41.9 Å². The lowest BCUT2D eigenvalue weighted by Gasteiger charge is -2.11. The SMILES string of the molecule is Cc1cc(CNC(=O)c2cc(S(=O)(=O)NCCOc3ccccc3)ccc2Cl)ccc1F. The first kappa shape index (κ1) is 23.7. The van der Waals surface area contributed by atoms with Crippen molar-refractivity contribution in [1.82, 2.24) is 10.0 Å². The van der Waals surface area contributed by atoms with E-state index in [1.165, 1.54) is 24.3 Å². The van der Waals surface area contributed by atoms with Crippen molar-refractivity contribution in [3.8, 4) is 5.75 Å². The molecule has 0 fully saturated rings. The third kappa shape index (κ3) is 6.29. The predicted octanol–water partition coefficient (Wildman–Crippen LogP) is 4.07. The molecule has 0 aliphatic heterocycles. The van der Waals surface area contributed by atoms with Crippen LogP contribution in [0, 0.1) is 12.7 Å². The summed E-state index contributed by atoms with van der Waals surface area (Å²) < 4.78 is 46.5. The Balaban J connectivity index is 1.62. The van der Waals surface area contributed by atoms with E-state index >= 15 is 0 Å². The monoisotopic (exact) mass is 476 g/mol. The first-order valence-electron chi connectivity index (χ1n) is 9.76. The number of nitrogens with one attached hydrogen (secondary N) is 2. The molecule has 2 N–H and O–H groups in total. The van der Waals surface area contributed by atoms with Crippen LogP contribution in [-0.2, 0) is 16.6 Å². The number of ether oxygens (including phenoxy) is 1. The van der Waals surface area contributed by atoms with E-state index in [0.29, 0.717) is 16.9 Å². The van der Waals surface area contributed by atoms with Gasteiger partial charge in [-0.15, -0.1) is 0 Å². The van der Waals surface area contributed by atoms with Crippen LogP contribution in [0.2, 0.25) is 5.02 Å². The van der Waals surface area contributed by atoms with Crippen molar-refractivity contribution < 1.29 is 22.3 Å². The zero-order valence-corrected chi connectivity index (χ0v) is 18.8. The fourth-order valence-corrected chi connectivity index (χ4v) is 4.13. The summed E-state index contributed by atoms with van der Waals surface area (Å²) in [6, 6.07) is 17.4. The molecule has 0 radical (unpaired) electrons. The van der Waals surface area contributed by atoms with Crippen molar-refractivity contribution in [2.24, 2.45) is 0 Å². The van der Waals surface area contributed by atoms with Gasteiger partial charge in [-0.05, 0) is 54.4 Å². The molecular weight excluding hydrogens is 455 g/mol. The van der Waals surface area contributed by atoms with Gasteiger partial charge in [-0.25, -0.2) is 17.5 Å². The minimum atomic E-state index is -3.88. The number of aryl methyl sites for hydroxylation is 1. The number of halogens is 2. The van der Waals surface area contributed by atoms with Crippen molar-refractivity contribution in [3.05, 3.63) is 94.3 Å². The molecule has 32 heavy (non-hydrogen) atoms. The van der Waals surface area contributed by atoms with Crippen molar-refractivity contribution in [1.29, 1.82) is 0 Å². The lowest BCUT2D eigenvalue weighted by atomic mass is 10.1. The van der Waals surface area contributed by atoms with Crippen LogP contribution in [0.25, 0.3) is 0 Å². The molecule has 0 aliphatic carbocycles. The van der Waals surface area contributed by atoms with Gasteiger partial charge in [0.05, 0.1) is 15.5 Å². The number of sulfonamides is 1. The molecule has 0 aliphatic rings. The summed E-state index contributed by atoms with van der Waals surface area (Å²) in [6.45, 7) is 1.96. The summed E-state index contributed by atoms with van der Waals surface area (Å²) in [5.41, 5.74) is 1.19. The maximum Gasteiger partial charge on any atom is 0.253 e. The van der Waals surface area contributed by atoms with Gasteiger partial charge in [0.1, 0.15) is 18.2 Å². The average molecular weight is 477 g/mol. The van der Waals surface area contributed by atoms with Gasteiger partial charge < -0.3 is 10.1 Å². The van der Waals surface area contributed by atoms with Crippen LogP contribution in [0.3, 0.4) is 0 Å². The van der Waals surface area contributed by atoms with Crippen LogP contribution in [0.1, 0.15) is 21.5 Å². The molecule has 0 aromatic heterocycles. The van der Waals surface area contributed by atoms with Gasteiger partial charge in [0, 0.05) is 13.1 Å². The minimum absolute atomic E-state index is 0.0221. The van der Waals surface area contributed by atoms with Crippen molar-refractivity contribution in [2.75, 3.05) is 13.2 Å². The lowest BCUT2D eigenvalue weighted by molar-refractivity contribution is 0.0951. The standard InChI is InChI=1S/C23H22ClFN2O4S/c1-16-13-17(7-10-22(16)25)15-26-23(28)20-14-19(8-9-21(20)24)32(29,30)27-11-12-31-18-5-3-2-4-6-18/h2-10,13-14,27H,11-12,15H2,1H3,(H,26,28). The maximum absolute atomic E-state index is 13.4. The van der Waals surface area contributed by atoms with Crippen LogP contribution < -0.4 is 14.8 Å². The number of hydrogen-bond acceptors (Lipinski definition) is 4. The molecule has 0 saturated carbocycles. The van der Waals surface area contributed by atoms with E-state index in [9.17, 15) is 17.6 Å². The van der Waals surface area contributed by atoms with Crippen LogP contribution >= 0.6 is 11.6 Å². The Morgan fingerprint density at radius 1 is 1.06 bits per heavy atom. The Kier molecular flexibility index (Phi) is 7.84. The first-order chi connectivity index (χ1) is 15.3. The molecule has 168 valence electrons. The molecule has 0 saturated heterocycles. The molecule has 0 spiro atoms. The number of benzene rings is 3. The van der Waals surface area contributed by atoms with Crippen molar-refractivity contribution in [3.63, 3.8) is 0 Å². The van der Waals surface area contributed by atoms with E-state index in [0.717, 1.165) is 0 Å². The molecule has 0 atom stereocenters. The fourth-order valence-electron chi connectivity index (χ4n) is 2.88. The second-order valence-electron chi connectivity index (χ2n) is 6.97. The van der Waals surface area contributed by atoms with Gasteiger partial charge in [0.25, 0.3) is 5.91 Å². The van der Waals surface area contributed by atoms with Crippen LogP contribution in [0.4, 0.5) is 4.39 Å². The van der Waals surface area contributed by atoms with E-state index in [4.69, 9.17) is 16.3 Å². The number of carbonyl (C=O) groups excluding carboxylic acids is 1. The second-order valence-corrected chi connectivity index (χ2v) is 9.14. The molecular formula is C23H22ClFN2O4S. The highest BCUT2D eigenvalue weighted by atomic mass is 35.5. The summed E-state index contributed by atoms with van der Waals surface area (Å²) in [4.78, 5) is 12.5. The Hall–Kier alpha value is -2.94. The highest BCUT2D eigenvalue weighted by Crippen LogP contribution is 2.21. The minimum Gasteiger partial charge on any atom is -0.492 e. The smallest absolute Gasteiger partial charge is 0.253 e. The number of rotatable bonds is 9. The van der Waals surface area contributed by atoms with E-state index in [1.54, 1.807) is 31.2 Å². The Morgan fingerprint density at radius 3 is 2.53 bits per heavy atom. The highest BCUT2D eigenvalue weighted by molar-refractivity contribution is 7.89. The maximum atomic E-state index is 13.4. The summed E-state index contributed by atoms with van der Waals surface area (Å²) in [6.07, 6.45) is 0. The van der Waals surface area contributed by atoms with Crippen LogP contribution in [0.5, 0.6) is 5.75 Å². The van der Waals surface area contributed by atoms with E-state index in [1.807, 2.05) is 18.2 Å². The molecule has 3 rings (SSSR count). The van der Waals surface area contributed by atoms with Crippen molar-refractivity contribution >= 4 is 27.5 Å². The number of hydrogen-bond donors (Lipinski definition) is 2. The van der Waals surface area contributed by atoms with E-state index in [-0.39, 0.29) is 41.0 Å². The third-order valence-corrected chi connectivity index (χ3v) is 6.36. The van der Waals surface area contributed by atoms with Crippen molar-refractivity contribution in [2.45, 2.75) is 18.4 Å². The summed E-state index contributed by atoms with van der Waals surface area (Å²) in [7, 11) is -3.88. The number of amides is 1. The molecule has 0 bridgehead atoms.